The minimum absolute atomic E-state index is 0.676. The number of hydrogen-bond donors (Lipinski definition) is 0. The van der Waals surface area contributed by atoms with Crippen LogP contribution in [0.5, 0.6) is 0 Å². The molecule has 1 aromatic carbocycles. The SMILES string of the molecule is Cc1nc(Cn2c(C)nc3ccccc32)c(Cl)s1. The Bertz CT molecular complexity index is 714. The maximum Gasteiger partial charge on any atom is 0.118 e. The number of benzene rings is 1. The molecule has 0 aliphatic heterocycles. The molecule has 0 bridgehead atoms. The lowest BCUT2D eigenvalue weighted by molar-refractivity contribution is 0.768. The summed E-state index contributed by atoms with van der Waals surface area (Å²) < 4.78 is 2.92. The van der Waals surface area contributed by atoms with Gasteiger partial charge in [0.2, 0.25) is 0 Å². The third-order valence-electron chi connectivity index (χ3n) is 2.91. The van der Waals surface area contributed by atoms with Gasteiger partial charge in [0, 0.05) is 0 Å². The van der Waals surface area contributed by atoms with Crippen molar-refractivity contribution in [1.29, 1.82) is 0 Å². The molecule has 18 heavy (non-hydrogen) atoms. The van der Waals surface area contributed by atoms with Crippen molar-refractivity contribution >= 4 is 34.0 Å². The van der Waals surface area contributed by atoms with Gasteiger partial charge in [-0.2, -0.15) is 0 Å². The number of aryl methyl sites for hydroxylation is 2. The molecule has 0 aliphatic rings. The molecule has 92 valence electrons. The van der Waals surface area contributed by atoms with Crippen LogP contribution in [0.25, 0.3) is 11.0 Å². The second-order valence-corrected chi connectivity index (χ2v) is 5.99. The van der Waals surface area contributed by atoms with Crippen LogP contribution in [0.3, 0.4) is 0 Å². The van der Waals surface area contributed by atoms with E-state index in [4.69, 9.17) is 11.6 Å². The van der Waals surface area contributed by atoms with Crippen LogP contribution in [-0.2, 0) is 6.54 Å². The van der Waals surface area contributed by atoms with Gasteiger partial charge in [-0.1, -0.05) is 23.7 Å². The monoisotopic (exact) mass is 277 g/mol. The molecule has 0 saturated carbocycles. The van der Waals surface area contributed by atoms with E-state index in [9.17, 15) is 0 Å². The summed E-state index contributed by atoms with van der Waals surface area (Å²) in [6.45, 7) is 4.65. The average Bonchev–Trinajstić information content (AvgIpc) is 2.81. The topological polar surface area (TPSA) is 30.7 Å². The van der Waals surface area contributed by atoms with Crippen LogP contribution in [0, 0.1) is 13.8 Å². The van der Waals surface area contributed by atoms with E-state index in [2.05, 4.69) is 20.6 Å². The number of para-hydroxylation sites is 2. The van der Waals surface area contributed by atoms with Crippen molar-refractivity contribution in [3.8, 4) is 0 Å². The summed E-state index contributed by atoms with van der Waals surface area (Å²) >= 11 is 7.71. The van der Waals surface area contributed by atoms with Crippen LogP contribution in [0.2, 0.25) is 4.34 Å². The number of hydrogen-bond acceptors (Lipinski definition) is 3. The smallest absolute Gasteiger partial charge is 0.118 e. The van der Waals surface area contributed by atoms with E-state index in [1.54, 1.807) is 0 Å². The van der Waals surface area contributed by atoms with E-state index < -0.39 is 0 Å². The molecular weight excluding hydrogens is 266 g/mol. The van der Waals surface area contributed by atoms with Gasteiger partial charge in [-0.25, -0.2) is 9.97 Å². The lowest BCUT2D eigenvalue weighted by atomic mass is 10.3. The summed E-state index contributed by atoms with van der Waals surface area (Å²) in [5.41, 5.74) is 3.06. The Morgan fingerprint density at radius 1 is 1.22 bits per heavy atom. The molecule has 0 atom stereocenters. The van der Waals surface area contributed by atoms with Gasteiger partial charge in [0.25, 0.3) is 0 Å². The first-order valence-electron chi connectivity index (χ1n) is 5.69. The molecule has 0 amide bonds. The van der Waals surface area contributed by atoms with E-state index in [1.807, 2.05) is 32.0 Å². The first kappa shape index (κ1) is 11.7. The van der Waals surface area contributed by atoms with Crippen molar-refractivity contribution in [3.63, 3.8) is 0 Å². The number of halogens is 1. The van der Waals surface area contributed by atoms with Crippen molar-refractivity contribution in [1.82, 2.24) is 14.5 Å². The molecule has 3 rings (SSSR count). The lowest BCUT2D eigenvalue weighted by Gasteiger charge is -2.04. The predicted octanol–water partition coefficient (Wildman–Crippen LogP) is 3.81. The largest absolute Gasteiger partial charge is 0.322 e. The minimum atomic E-state index is 0.676. The first-order chi connectivity index (χ1) is 8.65. The van der Waals surface area contributed by atoms with Gasteiger partial charge >= 0.3 is 0 Å². The lowest BCUT2D eigenvalue weighted by Crippen LogP contribution is -2.02. The number of fused-ring (bicyclic) bond motifs is 1. The molecule has 5 heteroatoms. The number of nitrogens with zero attached hydrogens (tertiary/aromatic N) is 3. The number of thiazole rings is 1. The summed E-state index contributed by atoms with van der Waals surface area (Å²) in [5.74, 6) is 0.984. The Labute approximate surface area is 114 Å². The van der Waals surface area contributed by atoms with Gasteiger partial charge in [0.1, 0.15) is 10.2 Å². The van der Waals surface area contributed by atoms with Crippen LogP contribution in [-0.4, -0.2) is 14.5 Å². The molecule has 0 fully saturated rings. The maximum atomic E-state index is 6.19. The van der Waals surface area contributed by atoms with Crippen molar-refractivity contribution in [2.45, 2.75) is 20.4 Å². The third kappa shape index (κ3) is 1.91. The summed E-state index contributed by atoms with van der Waals surface area (Å²) in [6, 6.07) is 8.11. The van der Waals surface area contributed by atoms with E-state index >= 15 is 0 Å². The fourth-order valence-corrected chi connectivity index (χ4v) is 3.17. The maximum absolute atomic E-state index is 6.19. The fraction of sp³-hybridized carbons (Fsp3) is 0.231. The van der Waals surface area contributed by atoms with Crippen molar-refractivity contribution in [3.05, 3.63) is 45.1 Å². The van der Waals surface area contributed by atoms with Crippen molar-refractivity contribution in [2.24, 2.45) is 0 Å². The van der Waals surface area contributed by atoms with Crippen LogP contribution in [0.1, 0.15) is 16.5 Å². The van der Waals surface area contributed by atoms with E-state index in [-0.39, 0.29) is 0 Å². The Balaban J connectivity index is 2.09. The highest BCUT2D eigenvalue weighted by Gasteiger charge is 2.12. The molecular formula is C13H12ClN3S. The number of imidazole rings is 1. The molecule has 0 saturated heterocycles. The van der Waals surface area contributed by atoms with Gasteiger partial charge in [0.15, 0.2) is 0 Å². The molecule has 0 N–H and O–H groups in total. The number of aromatic nitrogens is 3. The van der Waals surface area contributed by atoms with E-state index in [0.29, 0.717) is 6.54 Å². The second kappa shape index (κ2) is 4.37. The summed E-state index contributed by atoms with van der Waals surface area (Å²) in [6.07, 6.45) is 0. The standard InChI is InChI=1S/C13H12ClN3S/c1-8-15-10-5-3-4-6-12(10)17(8)7-11-13(14)18-9(2)16-11/h3-6H,7H2,1-2H3. The Kier molecular flexibility index (Phi) is 2.84. The average molecular weight is 278 g/mol. The predicted molar refractivity (Wildman–Crippen MR) is 75.4 cm³/mol. The van der Waals surface area contributed by atoms with Crippen LogP contribution in [0.15, 0.2) is 24.3 Å². The third-order valence-corrected chi connectivity index (χ3v) is 4.16. The summed E-state index contributed by atoms with van der Waals surface area (Å²) in [5, 5.41) is 0.997. The van der Waals surface area contributed by atoms with Gasteiger partial charge in [0.05, 0.1) is 28.3 Å². The van der Waals surface area contributed by atoms with E-state index in [0.717, 1.165) is 31.9 Å². The zero-order chi connectivity index (χ0) is 12.7. The highest BCUT2D eigenvalue weighted by Crippen LogP contribution is 2.26. The highest BCUT2D eigenvalue weighted by molar-refractivity contribution is 7.15. The van der Waals surface area contributed by atoms with Crippen molar-refractivity contribution < 1.29 is 0 Å². The molecule has 0 spiro atoms. The van der Waals surface area contributed by atoms with Gasteiger partial charge < -0.3 is 4.57 Å². The molecule has 2 heterocycles. The molecule has 0 aliphatic carbocycles. The summed E-state index contributed by atoms with van der Waals surface area (Å²) in [4.78, 5) is 9.01. The quantitative estimate of drug-likeness (QED) is 0.713. The van der Waals surface area contributed by atoms with Crippen LogP contribution >= 0.6 is 22.9 Å². The molecule has 3 nitrogen and oxygen atoms in total. The first-order valence-corrected chi connectivity index (χ1v) is 6.88. The van der Waals surface area contributed by atoms with Crippen molar-refractivity contribution in [2.75, 3.05) is 0 Å². The van der Waals surface area contributed by atoms with Crippen LogP contribution < -0.4 is 0 Å². The molecule has 0 unspecified atom stereocenters. The minimum Gasteiger partial charge on any atom is -0.322 e. The van der Waals surface area contributed by atoms with Gasteiger partial charge in [-0.05, 0) is 26.0 Å². The Hall–Kier alpha value is -1.39. The highest BCUT2D eigenvalue weighted by atomic mass is 35.5. The Morgan fingerprint density at radius 3 is 2.72 bits per heavy atom. The van der Waals surface area contributed by atoms with Crippen LogP contribution in [0.4, 0.5) is 0 Å². The zero-order valence-electron chi connectivity index (χ0n) is 10.1. The summed E-state index contributed by atoms with van der Waals surface area (Å²) in [7, 11) is 0. The van der Waals surface area contributed by atoms with Gasteiger partial charge in [-0.3, -0.25) is 0 Å². The second-order valence-electron chi connectivity index (χ2n) is 4.19. The van der Waals surface area contributed by atoms with Gasteiger partial charge in [-0.15, -0.1) is 11.3 Å². The molecule has 0 radical (unpaired) electrons. The van der Waals surface area contributed by atoms with E-state index in [1.165, 1.54) is 11.3 Å². The molecule has 3 aromatic rings. The molecule has 2 aromatic heterocycles. The number of rotatable bonds is 2. The zero-order valence-corrected chi connectivity index (χ0v) is 11.7. The fourth-order valence-electron chi connectivity index (χ4n) is 2.09. The Morgan fingerprint density at radius 2 is 2.00 bits per heavy atom. The normalized spacial score (nSPS) is 11.3.